The maximum atomic E-state index is 12.9. The van der Waals surface area contributed by atoms with Gasteiger partial charge in [0.25, 0.3) is 0 Å². The zero-order valence-corrected chi connectivity index (χ0v) is 11.7. The van der Waals surface area contributed by atoms with E-state index in [1.54, 1.807) is 12.1 Å². The first kappa shape index (κ1) is 13.8. The Bertz CT molecular complexity index is 461. The number of hydrogen-bond donors (Lipinski definition) is 0. The second kappa shape index (κ2) is 4.98. The average Bonchev–Trinajstić information content (AvgIpc) is 3.03. The lowest BCUT2D eigenvalue weighted by molar-refractivity contribution is -0.151. The molecule has 2 heterocycles. The van der Waals surface area contributed by atoms with Gasteiger partial charge in [0, 0.05) is 0 Å². The van der Waals surface area contributed by atoms with E-state index in [0.29, 0.717) is 32.2 Å². The Morgan fingerprint density at radius 2 is 1.85 bits per heavy atom. The quantitative estimate of drug-likeness (QED) is 0.777. The van der Waals surface area contributed by atoms with Crippen molar-refractivity contribution in [1.82, 2.24) is 0 Å². The molecular formula is C15H19FO4. The summed E-state index contributed by atoms with van der Waals surface area (Å²) in [6.45, 7) is 6.36. The number of benzene rings is 1. The molecule has 1 aromatic carbocycles. The van der Waals surface area contributed by atoms with Crippen molar-refractivity contribution >= 4 is 0 Å². The van der Waals surface area contributed by atoms with Crippen LogP contribution in [-0.2, 0) is 14.2 Å². The van der Waals surface area contributed by atoms with Gasteiger partial charge in [0.2, 0.25) is 0 Å². The molecule has 0 N–H and O–H groups in total. The van der Waals surface area contributed by atoms with Gasteiger partial charge in [0.05, 0.1) is 25.2 Å². The van der Waals surface area contributed by atoms with Crippen molar-refractivity contribution in [3.8, 4) is 5.75 Å². The van der Waals surface area contributed by atoms with E-state index in [1.807, 2.05) is 0 Å². The van der Waals surface area contributed by atoms with Crippen molar-refractivity contribution < 1.29 is 23.3 Å². The highest BCUT2D eigenvalue weighted by atomic mass is 19.1. The molecule has 5 heteroatoms. The van der Waals surface area contributed by atoms with Crippen LogP contribution in [0.3, 0.4) is 0 Å². The number of rotatable bonds is 5. The van der Waals surface area contributed by atoms with Gasteiger partial charge >= 0.3 is 0 Å². The van der Waals surface area contributed by atoms with Gasteiger partial charge in [-0.1, -0.05) is 13.8 Å². The normalized spacial score (nSPS) is 26.8. The number of halogens is 1. The van der Waals surface area contributed by atoms with Crippen molar-refractivity contribution in [3.05, 3.63) is 30.1 Å². The average molecular weight is 282 g/mol. The number of ether oxygens (including phenoxy) is 4. The highest BCUT2D eigenvalue weighted by Crippen LogP contribution is 2.48. The minimum Gasteiger partial charge on any atom is -0.490 e. The molecule has 2 aliphatic heterocycles. The number of epoxide rings is 1. The van der Waals surface area contributed by atoms with E-state index in [9.17, 15) is 4.39 Å². The van der Waals surface area contributed by atoms with Gasteiger partial charge in [-0.05, 0) is 24.3 Å². The van der Waals surface area contributed by atoms with E-state index >= 15 is 0 Å². The Labute approximate surface area is 117 Å². The lowest BCUT2D eigenvalue weighted by Crippen LogP contribution is -2.47. The Morgan fingerprint density at radius 3 is 2.40 bits per heavy atom. The van der Waals surface area contributed by atoms with Crippen molar-refractivity contribution in [1.29, 1.82) is 0 Å². The molecule has 1 aromatic rings. The fraction of sp³-hybridized carbons (Fsp3) is 0.600. The third-order valence-corrected chi connectivity index (χ3v) is 4.16. The van der Waals surface area contributed by atoms with Crippen LogP contribution >= 0.6 is 0 Å². The summed E-state index contributed by atoms with van der Waals surface area (Å²) in [5, 5.41) is 0. The summed E-state index contributed by atoms with van der Waals surface area (Å²) in [6, 6.07) is 5.98. The molecule has 2 aliphatic rings. The SMILES string of the molecule is CC(C)(C1OCCO1)C1(COc2ccc(F)cc2)CO1. The van der Waals surface area contributed by atoms with Crippen LogP contribution in [0.2, 0.25) is 0 Å². The summed E-state index contributed by atoms with van der Waals surface area (Å²) in [7, 11) is 0. The van der Waals surface area contributed by atoms with Gasteiger partial charge in [-0.15, -0.1) is 0 Å². The predicted molar refractivity (Wildman–Crippen MR) is 70.1 cm³/mol. The van der Waals surface area contributed by atoms with Crippen molar-refractivity contribution in [2.24, 2.45) is 5.41 Å². The summed E-state index contributed by atoms with van der Waals surface area (Å²) < 4.78 is 35.5. The van der Waals surface area contributed by atoms with E-state index < -0.39 is 5.60 Å². The molecule has 0 aromatic heterocycles. The first-order chi connectivity index (χ1) is 9.53. The lowest BCUT2D eigenvalue weighted by atomic mass is 9.78. The summed E-state index contributed by atoms with van der Waals surface area (Å²) >= 11 is 0. The zero-order chi connectivity index (χ0) is 14.2. The molecule has 0 spiro atoms. The zero-order valence-electron chi connectivity index (χ0n) is 11.7. The summed E-state index contributed by atoms with van der Waals surface area (Å²) in [5.74, 6) is 0.355. The molecule has 1 unspecified atom stereocenters. The van der Waals surface area contributed by atoms with Crippen LogP contribution in [0.1, 0.15) is 13.8 Å². The minimum atomic E-state index is -0.406. The van der Waals surface area contributed by atoms with Crippen LogP contribution in [0.5, 0.6) is 5.75 Å². The largest absolute Gasteiger partial charge is 0.490 e. The molecule has 0 radical (unpaired) electrons. The Morgan fingerprint density at radius 1 is 1.25 bits per heavy atom. The van der Waals surface area contributed by atoms with Crippen molar-refractivity contribution in [2.45, 2.75) is 25.7 Å². The van der Waals surface area contributed by atoms with Crippen LogP contribution in [0.25, 0.3) is 0 Å². The third-order valence-electron chi connectivity index (χ3n) is 4.16. The molecule has 0 aliphatic carbocycles. The van der Waals surface area contributed by atoms with Crippen molar-refractivity contribution in [2.75, 3.05) is 26.4 Å². The van der Waals surface area contributed by atoms with E-state index in [1.165, 1.54) is 12.1 Å². The van der Waals surface area contributed by atoms with Gasteiger partial charge in [-0.25, -0.2) is 4.39 Å². The fourth-order valence-electron chi connectivity index (χ4n) is 2.45. The molecular weight excluding hydrogens is 263 g/mol. The Balaban J connectivity index is 1.65. The molecule has 0 bridgehead atoms. The molecule has 1 atom stereocenters. The topological polar surface area (TPSA) is 40.2 Å². The molecule has 0 saturated carbocycles. The van der Waals surface area contributed by atoms with Crippen LogP contribution < -0.4 is 4.74 Å². The van der Waals surface area contributed by atoms with E-state index in [0.717, 1.165) is 0 Å². The third kappa shape index (κ3) is 2.41. The minimum absolute atomic E-state index is 0.275. The van der Waals surface area contributed by atoms with E-state index in [-0.39, 0.29) is 17.5 Å². The predicted octanol–water partition coefficient (Wildman–Crippen LogP) is 2.37. The van der Waals surface area contributed by atoms with E-state index in [2.05, 4.69) is 13.8 Å². The molecule has 110 valence electrons. The summed E-state index contributed by atoms with van der Waals surface area (Å²) in [4.78, 5) is 0. The Kier molecular flexibility index (Phi) is 3.44. The summed E-state index contributed by atoms with van der Waals surface area (Å²) in [5.41, 5.74) is -0.708. The number of hydrogen-bond acceptors (Lipinski definition) is 4. The maximum absolute atomic E-state index is 12.9. The van der Waals surface area contributed by atoms with Gasteiger partial charge in [-0.2, -0.15) is 0 Å². The molecule has 2 fully saturated rings. The first-order valence-corrected chi connectivity index (χ1v) is 6.79. The van der Waals surface area contributed by atoms with Gasteiger partial charge in [0.1, 0.15) is 23.8 Å². The molecule has 20 heavy (non-hydrogen) atoms. The van der Waals surface area contributed by atoms with Crippen LogP contribution in [0.4, 0.5) is 4.39 Å². The molecule has 4 nitrogen and oxygen atoms in total. The Hall–Kier alpha value is -1.17. The second-order valence-corrected chi connectivity index (χ2v) is 5.82. The van der Waals surface area contributed by atoms with Gasteiger partial charge in [-0.3, -0.25) is 0 Å². The highest BCUT2D eigenvalue weighted by Gasteiger charge is 2.62. The molecule has 0 amide bonds. The molecule has 2 saturated heterocycles. The maximum Gasteiger partial charge on any atom is 0.165 e. The monoisotopic (exact) mass is 282 g/mol. The van der Waals surface area contributed by atoms with Crippen LogP contribution in [0, 0.1) is 11.2 Å². The smallest absolute Gasteiger partial charge is 0.165 e. The highest BCUT2D eigenvalue weighted by molar-refractivity contribution is 5.22. The van der Waals surface area contributed by atoms with Crippen LogP contribution in [0.15, 0.2) is 24.3 Å². The van der Waals surface area contributed by atoms with E-state index in [4.69, 9.17) is 18.9 Å². The second-order valence-electron chi connectivity index (χ2n) is 5.82. The lowest BCUT2D eigenvalue weighted by Gasteiger charge is -2.35. The van der Waals surface area contributed by atoms with Gasteiger partial charge < -0.3 is 18.9 Å². The van der Waals surface area contributed by atoms with Crippen LogP contribution in [-0.4, -0.2) is 38.3 Å². The fourth-order valence-corrected chi connectivity index (χ4v) is 2.45. The molecule has 3 rings (SSSR count). The van der Waals surface area contributed by atoms with Crippen molar-refractivity contribution in [3.63, 3.8) is 0 Å². The van der Waals surface area contributed by atoms with Gasteiger partial charge in [0.15, 0.2) is 6.29 Å². The standard InChI is InChI=1S/C15H19FO4/c1-14(2,13-17-7-8-18-13)15(10-20-15)9-19-12-5-3-11(16)4-6-12/h3-6,13H,7-10H2,1-2H3. The summed E-state index contributed by atoms with van der Waals surface area (Å²) in [6.07, 6.45) is -0.276. The first-order valence-electron chi connectivity index (χ1n) is 6.79.